The molecule has 0 spiro atoms. The van der Waals surface area contributed by atoms with Crippen molar-refractivity contribution in [3.05, 3.63) is 46.7 Å². The van der Waals surface area contributed by atoms with Crippen LogP contribution in [0.4, 0.5) is 5.69 Å². The van der Waals surface area contributed by atoms with Crippen LogP contribution >= 0.6 is 27.7 Å². The van der Waals surface area contributed by atoms with Crippen LogP contribution in [0.2, 0.25) is 0 Å². The molecule has 2 N–H and O–H groups in total. The summed E-state index contributed by atoms with van der Waals surface area (Å²) in [5, 5.41) is 0.784. The van der Waals surface area contributed by atoms with E-state index in [1.807, 2.05) is 24.3 Å². The molecule has 5 heteroatoms. The molecule has 2 aromatic rings. The van der Waals surface area contributed by atoms with Gasteiger partial charge in [-0.05, 0) is 23.8 Å². The van der Waals surface area contributed by atoms with Crippen molar-refractivity contribution < 1.29 is 0 Å². The zero-order valence-corrected chi connectivity index (χ0v) is 10.8. The van der Waals surface area contributed by atoms with Crippen LogP contribution in [0.15, 0.2) is 46.3 Å². The highest BCUT2D eigenvalue weighted by Gasteiger charge is 2.02. The largest absolute Gasteiger partial charge is 0.399 e. The molecule has 0 radical (unpaired) electrons. The fraction of sp³-hybridized carbons (Fsp3) is 0.0909. The summed E-state index contributed by atoms with van der Waals surface area (Å²) in [6.07, 6.45) is 3.49. The SMILES string of the molecule is Nc1ccc(CSc2ncccn2)c(Br)c1. The Morgan fingerprint density at radius 1 is 1.25 bits per heavy atom. The number of hydrogen-bond donors (Lipinski definition) is 1. The number of aromatic nitrogens is 2. The van der Waals surface area contributed by atoms with E-state index >= 15 is 0 Å². The maximum atomic E-state index is 5.67. The van der Waals surface area contributed by atoms with E-state index in [1.54, 1.807) is 24.2 Å². The van der Waals surface area contributed by atoms with Crippen molar-refractivity contribution in [1.82, 2.24) is 9.97 Å². The fourth-order valence-electron chi connectivity index (χ4n) is 1.18. The van der Waals surface area contributed by atoms with E-state index in [-0.39, 0.29) is 0 Å². The predicted octanol–water partition coefficient (Wildman–Crippen LogP) is 3.11. The minimum atomic E-state index is 0.761. The lowest BCUT2D eigenvalue weighted by atomic mass is 10.2. The third kappa shape index (κ3) is 2.96. The van der Waals surface area contributed by atoms with E-state index in [9.17, 15) is 0 Å². The van der Waals surface area contributed by atoms with E-state index in [1.165, 1.54) is 5.56 Å². The molecule has 0 amide bonds. The molecule has 16 heavy (non-hydrogen) atoms. The first-order valence-corrected chi connectivity index (χ1v) is 6.47. The first-order chi connectivity index (χ1) is 7.75. The Morgan fingerprint density at radius 3 is 2.69 bits per heavy atom. The molecule has 0 bridgehead atoms. The van der Waals surface area contributed by atoms with Gasteiger partial charge in [-0.2, -0.15) is 0 Å². The summed E-state index contributed by atoms with van der Waals surface area (Å²) < 4.78 is 1.02. The van der Waals surface area contributed by atoms with Gasteiger partial charge in [0.05, 0.1) is 0 Å². The van der Waals surface area contributed by atoms with Gasteiger partial charge in [0.1, 0.15) is 0 Å². The summed E-state index contributed by atoms with van der Waals surface area (Å²) in [7, 11) is 0. The van der Waals surface area contributed by atoms with E-state index in [0.717, 1.165) is 21.1 Å². The highest BCUT2D eigenvalue weighted by molar-refractivity contribution is 9.10. The number of hydrogen-bond acceptors (Lipinski definition) is 4. The van der Waals surface area contributed by atoms with Crippen LogP contribution in [0.3, 0.4) is 0 Å². The topological polar surface area (TPSA) is 51.8 Å². The van der Waals surface area contributed by atoms with Crippen LogP contribution in [-0.2, 0) is 5.75 Å². The average molecular weight is 296 g/mol. The van der Waals surface area contributed by atoms with E-state index in [2.05, 4.69) is 25.9 Å². The number of halogens is 1. The van der Waals surface area contributed by atoms with Crippen LogP contribution in [0.5, 0.6) is 0 Å². The normalized spacial score (nSPS) is 10.3. The number of nitrogens with two attached hydrogens (primary N) is 1. The first-order valence-electron chi connectivity index (χ1n) is 4.69. The zero-order valence-electron chi connectivity index (χ0n) is 8.43. The van der Waals surface area contributed by atoms with Crippen molar-refractivity contribution in [3.63, 3.8) is 0 Å². The molecular formula is C11H10BrN3S. The number of anilines is 1. The van der Waals surface area contributed by atoms with Gasteiger partial charge >= 0.3 is 0 Å². The smallest absolute Gasteiger partial charge is 0.187 e. The van der Waals surface area contributed by atoms with Crippen molar-refractivity contribution >= 4 is 33.4 Å². The van der Waals surface area contributed by atoms with E-state index < -0.39 is 0 Å². The van der Waals surface area contributed by atoms with Crippen molar-refractivity contribution in [1.29, 1.82) is 0 Å². The molecule has 3 nitrogen and oxygen atoms in total. The first kappa shape index (κ1) is 11.4. The number of benzene rings is 1. The van der Waals surface area contributed by atoms with E-state index in [4.69, 9.17) is 5.73 Å². The Labute approximate surface area is 107 Å². The van der Waals surface area contributed by atoms with Crippen molar-refractivity contribution in [2.75, 3.05) is 5.73 Å². The standard InChI is InChI=1S/C11H10BrN3S/c12-10-6-9(13)3-2-8(10)7-16-11-14-4-1-5-15-11/h1-6H,7,13H2. The van der Waals surface area contributed by atoms with Crippen molar-refractivity contribution in [2.45, 2.75) is 10.9 Å². The molecule has 1 heterocycles. The summed E-state index contributed by atoms with van der Waals surface area (Å²) in [6, 6.07) is 7.62. The number of nitrogen functional groups attached to an aromatic ring is 1. The number of thioether (sulfide) groups is 1. The molecule has 82 valence electrons. The third-order valence-electron chi connectivity index (χ3n) is 1.98. The Morgan fingerprint density at radius 2 is 2.00 bits per heavy atom. The molecule has 0 aliphatic carbocycles. The lowest BCUT2D eigenvalue weighted by molar-refractivity contribution is 0.966. The summed E-state index contributed by atoms with van der Waals surface area (Å²) >= 11 is 5.09. The van der Waals surface area contributed by atoms with Gasteiger partial charge in [-0.25, -0.2) is 9.97 Å². The molecule has 0 atom stereocenters. The lowest BCUT2D eigenvalue weighted by Gasteiger charge is -2.04. The summed E-state index contributed by atoms with van der Waals surface area (Å²) in [5.74, 6) is 0.824. The second-order valence-electron chi connectivity index (χ2n) is 3.17. The molecule has 0 saturated heterocycles. The Hall–Kier alpha value is -1.07. The van der Waals surface area contributed by atoms with Gasteiger partial charge < -0.3 is 5.73 Å². The van der Waals surface area contributed by atoms with Crippen molar-refractivity contribution in [2.24, 2.45) is 0 Å². The molecule has 0 saturated carbocycles. The van der Waals surface area contributed by atoms with Crippen LogP contribution in [0, 0.1) is 0 Å². The highest BCUT2D eigenvalue weighted by Crippen LogP contribution is 2.26. The molecule has 0 aliphatic rings. The summed E-state index contributed by atoms with van der Waals surface area (Å²) in [6.45, 7) is 0. The average Bonchev–Trinajstić information content (AvgIpc) is 2.29. The maximum Gasteiger partial charge on any atom is 0.187 e. The van der Waals surface area contributed by atoms with E-state index in [0.29, 0.717) is 0 Å². The van der Waals surface area contributed by atoms with Gasteiger partial charge in [-0.1, -0.05) is 33.8 Å². The van der Waals surface area contributed by atoms with Crippen LogP contribution in [0.1, 0.15) is 5.56 Å². The molecule has 0 aliphatic heterocycles. The Bertz CT molecular complexity index is 476. The highest BCUT2D eigenvalue weighted by atomic mass is 79.9. The predicted molar refractivity (Wildman–Crippen MR) is 70.1 cm³/mol. The lowest BCUT2D eigenvalue weighted by Crippen LogP contribution is -1.89. The minimum Gasteiger partial charge on any atom is -0.399 e. The van der Waals surface area contributed by atoms with Crippen LogP contribution in [0.25, 0.3) is 0 Å². The van der Waals surface area contributed by atoms with Gasteiger partial charge in [0, 0.05) is 28.3 Å². The molecule has 1 aromatic carbocycles. The third-order valence-corrected chi connectivity index (χ3v) is 3.64. The zero-order chi connectivity index (χ0) is 11.4. The summed E-state index contributed by atoms with van der Waals surface area (Å²) in [4.78, 5) is 8.31. The molecule has 1 aromatic heterocycles. The van der Waals surface area contributed by atoms with Gasteiger partial charge in [-0.3, -0.25) is 0 Å². The van der Waals surface area contributed by atoms with Crippen molar-refractivity contribution in [3.8, 4) is 0 Å². The monoisotopic (exact) mass is 295 g/mol. The second kappa shape index (κ2) is 5.32. The molecule has 2 rings (SSSR count). The quantitative estimate of drug-likeness (QED) is 0.537. The van der Waals surface area contributed by atoms with Crippen LogP contribution < -0.4 is 5.73 Å². The van der Waals surface area contributed by atoms with Crippen LogP contribution in [-0.4, -0.2) is 9.97 Å². The van der Waals surface area contributed by atoms with Gasteiger partial charge in [-0.15, -0.1) is 0 Å². The second-order valence-corrected chi connectivity index (χ2v) is 4.97. The van der Waals surface area contributed by atoms with Gasteiger partial charge in [0.25, 0.3) is 0 Å². The molecule has 0 fully saturated rings. The molecule has 0 unspecified atom stereocenters. The Kier molecular flexibility index (Phi) is 3.79. The minimum absolute atomic E-state index is 0.761. The number of rotatable bonds is 3. The maximum absolute atomic E-state index is 5.67. The Balaban J connectivity index is 2.05. The molecular weight excluding hydrogens is 286 g/mol. The van der Waals surface area contributed by atoms with Gasteiger partial charge in [0.2, 0.25) is 0 Å². The van der Waals surface area contributed by atoms with Gasteiger partial charge in [0.15, 0.2) is 5.16 Å². The summed E-state index contributed by atoms with van der Waals surface area (Å²) in [5.41, 5.74) is 7.62. The number of nitrogens with zero attached hydrogens (tertiary/aromatic N) is 2. The fourth-order valence-corrected chi connectivity index (χ4v) is 2.71.